The summed E-state index contributed by atoms with van der Waals surface area (Å²) >= 11 is 10.6. The van der Waals surface area contributed by atoms with Gasteiger partial charge in [-0.25, -0.2) is 9.97 Å². The Hall–Kier alpha value is -6.37. The van der Waals surface area contributed by atoms with Crippen LogP contribution in [0.15, 0.2) is 126 Å². The number of halogens is 3. The highest BCUT2D eigenvalue weighted by molar-refractivity contribution is 9.09. The number of azide groups is 1. The van der Waals surface area contributed by atoms with Crippen LogP contribution in [0.5, 0.6) is 17.2 Å². The zero-order valence-corrected chi connectivity index (χ0v) is 42.7. The molecule has 13 heteroatoms. The second-order valence-corrected chi connectivity index (χ2v) is 18.9. The van der Waals surface area contributed by atoms with E-state index in [4.69, 9.17) is 24.2 Å². The van der Waals surface area contributed by atoms with Crippen LogP contribution in [0, 0.1) is 0 Å². The fourth-order valence-electron chi connectivity index (χ4n) is 8.48. The van der Waals surface area contributed by atoms with Crippen LogP contribution in [0.1, 0.15) is 61.3 Å². The number of benzene rings is 4. The highest BCUT2D eigenvalue weighted by Crippen LogP contribution is 2.39. The van der Waals surface area contributed by atoms with Gasteiger partial charge in [-0.3, -0.25) is 0 Å². The largest absolute Gasteiger partial charge is 0.494 e. The number of fused-ring (bicyclic) bond motifs is 8. The molecule has 5 heterocycles. The van der Waals surface area contributed by atoms with Gasteiger partial charge in [0.05, 0.1) is 42.6 Å². The molecular formula is C56H50Br3N7O3. The molecule has 7 aromatic rings. The summed E-state index contributed by atoms with van der Waals surface area (Å²) in [6.07, 6.45) is 14.4. The first-order valence-corrected chi connectivity index (χ1v) is 26.6. The molecule has 0 unspecified atom stereocenters. The Labute approximate surface area is 426 Å². The number of nitrogens with one attached hydrogen (secondary N) is 2. The Bertz CT molecular complexity index is 3120. The standard InChI is InChI=1S/C56H50Br3N7O3/c57-31-1-4-34-67-42-17-9-38(10-18-42)54-47-25-23-45(61-47)53(37-7-15-41(16-8-37)65-66-60)46-24-26-48(62-46)55(39-11-19-43(20-12-39)68-35-5-2-32-58)50-28-30-52(64-50)56(51-29-27-49(54)63-51)40-13-21-44(22-14-40)69-36-6-3-33-59/h7-30,61,64H,1-6,31-36H2. The van der Waals surface area contributed by atoms with E-state index < -0.39 is 0 Å². The van der Waals surface area contributed by atoms with Crippen LogP contribution in [0.4, 0.5) is 5.69 Å². The van der Waals surface area contributed by atoms with Gasteiger partial charge in [-0.05, 0) is 151 Å². The number of H-pyrrole nitrogens is 2. The van der Waals surface area contributed by atoms with Crippen LogP contribution in [0.2, 0.25) is 0 Å². The van der Waals surface area contributed by atoms with Gasteiger partial charge in [0, 0.05) is 70.9 Å². The smallest absolute Gasteiger partial charge is 0.119 e. The zero-order valence-electron chi connectivity index (χ0n) is 37.9. The summed E-state index contributed by atoms with van der Waals surface area (Å²) in [6.45, 7) is 1.95. The zero-order chi connectivity index (χ0) is 47.4. The third-order valence-electron chi connectivity index (χ3n) is 11.9. The molecule has 0 fully saturated rings. The predicted octanol–water partition coefficient (Wildman–Crippen LogP) is 16.9. The van der Waals surface area contributed by atoms with Crippen LogP contribution >= 0.6 is 47.8 Å². The van der Waals surface area contributed by atoms with Gasteiger partial charge in [0.2, 0.25) is 0 Å². The van der Waals surface area contributed by atoms with E-state index in [-0.39, 0.29) is 0 Å². The average Bonchev–Trinajstić information content (AvgIpc) is 4.24. The molecule has 0 amide bonds. The van der Waals surface area contributed by atoms with Crippen molar-refractivity contribution in [3.8, 4) is 61.8 Å². The van der Waals surface area contributed by atoms with Gasteiger partial charge in [-0.15, -0.1) is 0 Å². The van der Waals surface area contributed by atoms with Crippen molar-refractivity contribution >= 4 is 99.8 Å². The number of aromatic amines is 2. The number of hydrogen-bond donors (Lipinski definition) is 2. The summed E-state index contributed by atoms with van der Waals surface area (Å²) in [7, 11) is 0. The molecule has 0 radical (unpaired) electrons. The fraction of sp³-hybridized carbons (Fsp3) is 0.214. The fourth-order valence-corrected chi connectivity index (χ4v) is 9.67. The molecule has 3 aromatic heterocycles. The van der Waals surface area contributed by atoms with Crippen molar-refractivity contribution < 1.29 is 14.2 Å². The molecule has 4 aromatic carbocycles. The van der Waals surface area contributed by atoms with Crippen molar-refractivity contribution in [2.45, 2.75) is 38.5 Å². The molecule has 0 atom stereocenters. The van der Waals surface area contributed by atoms with Crippen molar-refractivity contribution in [1.82, 2.24) is 19.9 Å². The highest BCUT2D eigenvalue weighted by Gasteiger charge is 2.19. The summed E-state index contributed by atoms with van der Waals surface area (Å²) in [5.41, 5.74) is 24.0. The lowest BCUT2D eigenvalue weighted by Crippen LogP contribution is -1.97. The molecule has 348 valence electrons. The van der Waals surface area contributed by atoms with E-state index in [0.29, 0.717) is 25.5 Å². The van der Waals surface area contributed by atoms with E-state index >= 15 is 0 Å². The minimum atomic E-state index is 0.526. The first-order chi connectivity index (χ1) is 34.0. The SMILES string of the molecule is [N-]=[N+]=Nc1ccc(-c2c3nc(c(-c4ccc(OCCCCBr)cc4)c4ccc([nH]4)c(-c4ccc(OCCCCBr)cc4)c4nc(c(-c5ccc(OCCCCBr)cc5)c5ccc2[nH]5)C=C4)C=C3)cc1. The van der Waals surface area contributed by atoms with E-state index in [9.17, 15) is 5.53 Å². The summed E-state index contributed by atoms with van der Waals surface area (Å²) in [4.78, 5) is 21.6. The van der Waals surface area contributed by atoms with Gasteiger partial charge in [0.1, 0.15) is 17.2 Å². The summed E-state index contributed by atoms with van der Waals surface area (Å²) < 4.78 is 18.4. The molecule has 2 aliphatic heterocycles. The molecule has 2 aliphatic rings. The molecule has 10 nitrogen and oxygen atoms in total. The lowest BCUT2D eigenvalue weighted by molar-refractivity contribution is 0.310. The third-order valence-corrected chi connectivity index (χ3v) is 13.6. The summed E-state index contributed by atoms with van der Waals surface area (Å²) in [5, 5.41) is 6.71. The lowest BCUT2D eigenvalue weighted by Gasteiger charge is -2.09. The average molecular weight is 1110 g/mol. The van der Waals surface area contributed by atoms with E-state index in [1.165, 1.54) is 0 Å². The predicted molar refractivity (Wildman–Crippen MR) is 295 cm³/mol. The second-order valence-electron chi connectivity index (χ2n) is 16.5. The number of ether oxygens (including phenoxy) is 3. The Balaban J connectivity index is 1.30. The molecule has 9 rings (SSSR count). The maximum absolute atomic E-state index is 9.20. The molecular weight excluding hydrogens is 1060 g/mol. The van der Waals surface area contributed by atoms with Crippen molar-refractivity contribution in [3.63, 3.8) is 0 Å². The number of rotatable bonds is 20. The van der Waals surface area contributed by atoms with Crippen molar-refractivity contribution in [3.05, 3.63) is 155 Å². The quantitative estimate of drug-likeness (QED) is 0.0258. The van der Waals surface area contributed by atoms with Gasteiger partial charge in [0.15, 0.2) is 0 Å². The van der Waals surface area contributed by atoms with Gasteiger partial charge in [-0.1, -0.05) is 114 Å². The van der Waals surface area contributed by atoms with Gasteiger partial charge < -0.3 is 24.2 Å². The van der Waals surface area contributed by atoms with Crippen molar-refractivity contribution in [1.29, 1.82) is 0 Å². The summed E-state index contributed by atoms with van der Waals surface area (Å²) in [6, 6.07) is 40.9. The van der Waals surface area contributed by atoms with E-state index in [1.54, 1.807) is 0 Å². The molecule has 8 bridgehead atoms. The Morgan fingerprint density at radius 1 is 0.406 bits per heavy atom. The third kappa shape index (κ3) is 11.4. The monoisotopic (exact) mass is 1110 g/mol. The molecule has 0 spiro atoms. The van der Waals surface area contributed by atoms with Crippen LogP contribution in [-0.4, -0.2) is 55.7 Å². The Morgan fingerprint density at radius 3 is 0.971 bits per heavy atom. The molecule has 0 saturated carbocycles. The summed E-state index contributed by atoms with van der Waals surface area (Å²) in [5.74, 6) is 2.46. The maximum Gasteiger partial charge on any atom is 0.119 e. The van der Waals surface area contributed by atoms with Crippen LogP contribution in [-0.2, 0) is 0 Å². The first-order valence-electron chi connectivity index (χ1n) is 23.2. The van der Waals surface area contributed by atoms with Crippen LogP contribution in [0.25, 0.3) is 101 Å². The Morgan fingerprint density at radius 2 is 0.696 bits per heavy atom. The normalized spacial score (nSPS) is 11.7. The van der Waals surface area contributed by atoms with Crippen LogP contribution in [0.3, 0.4) is 0 Å². The van der Waals surface area contributed by atoms with Gasteiger partial charge in [-0.2, -0.15) is 0 Å². The minimum absolute atomic E-state index is 0.526. The number of alkyl halides is 3. The first kappa shape index (κ1) is 47.7. The highest BCUT2D eigenvalue weighted by atomic mass is 79.9. The minimum Gasteiger partial charge on any atom is -0.494 e. The van der Waals surface area contributed by atoms with Gasteiger partial charge in [0.25, 0.3) is 0 Å². The number of hydrogen-bond acceptors (Lipinski definition) is 6. The molecule has 2 N–H and O–H groups in total. The molecule has 0 saturated heterocycles. The topological polar surface area (TPSA) is 134 Å². The van der Waals surface area contributed by atoms with Crippen molar-refractivity contribution in [2.24, 2.45) is 5.11 Å². The molecule has 0 aliphatic carbocycles. The van der Waals surface area contributed by atoms with Crippen LogP contribution < -0.4 is 14.2 Å². The number of aromatic nitrogens is 4. The number of unbranched alkanes of at least 4 members (excludes halogenated alkanes) is 3. The Kier molecular flexibility index (Phi) is 16.1. The van der Waals surface area contributed by atoms with Crippen molar-refractivity contribution in [2.75, 3.05) is 35.8 Å². The second kappa shape index (κ2) is 23.3. The molecule has 69 heavy (non-hydrogen) atoms. The van der Waals surface area contributed by atoms with E-state index in [2.05, 4.69) is 153 Å². The number of nitrogens with zero attached hydrogens (tertiary/aromatic N) is 5. The van der Waals surface area contributed by atoms with E-state index in [0.717, 1.165) is 161 Å². The van der Waals surface area contributed by atoms with E-state index in [1.807, 2.05) is 60.7 Å². The maximum atomic E-state index is 9.20. The van der Waals surface area contributed by atoms with Gasteiger partial charge >= 0.3 is 0 Å². The lowest BCUT2D eigenvalue weighted by atomic mass is 10.0.